The summed E-state index contributed by atoms with van der Waals surface area (Å²) in [5.74, 6) is 0.908. The van der Waals surface area contributed by atoms with Crippen molar-refractivity contribution in [3.05, 3.63) is 35.1 Å². The van der Waals surface area contributed by atoms with Gasteiger partial charge in [-0.3, -0.25) is 4.90 Å². The second kappa shape index (κ2) is 6.73. The molecular formula is C16H22N4OS. The highest BCUT2D eigenvalue weighted by Gasteiger charge is 2.19. The van der Waals surface area contributed by atoms with Crippen LogP contribution in [0, 0.1) is 4.77 Å². The number of β-amino-alcohol motifs (C(OH)–C–C–N with tert-alkyl or cyclic N) is 1. The van der Waals surface area contributed by atoms with E-state index >= 15 is 0 Å². The highest BCUT2D eigenvalue weighted by molar-refractivity contribution is 7.71. The van der Waals surface area contributed by atoms with Gasteiger partial charge in [-0.15, -0.1) is 0 Å². The molecule has 1 aliphatic heterocycles. The number of benzene rings is 1. The quantitative estimate of drug-likeness (QED) is 0.880. The van der Waals surface area contributed by atoms with Crippen molar-refractivity contribution < 1.29 is 5.11 Å². The average molecular weight is 318 g/mol. The van der Waals surface area contributed by atoms with E-state index in [0.29, 0.717) is 13.2 Å². The van der Waals surface area contributed by atoms with Crippen molar-refractivity contribution in [2.75, 3.05) is 13.1 Å². The van der Waals surface area contributed by atoms with Gasteiger partial charge >= 0.3 is 0 Å². The van der Waals surface area contributed by atoms with Gasteiger partial charge < -0.3 is 9.67 Å². The molecule has 6 heteroatoms. The fourth-order valence-corrected chi connectivity index (χ4v) is 3.28. The maximum Gasteiger partial charge on any atom is 0.199 e. The minimum Gasteiger partial charge on any atom is -0.392 e. The number of rotatable bonds is 4. The first-order chi connectivity index (χ1) is 10.7. The van der Waals surface area contributed by atoms with Crippen molar-refractivity contribution in [2.45, 2.75) is 39.1 Å². The minimum atomic E-state index is -0.232. The summed E-state index contributed by atoms with van der Waals surface area (Å²) in [6.07, 6.45) is 1.68. The van der Waals surface area contributed by atoms with Crippen LogP contribution < -0.4 is 0 Å². The van der Waals surface area contributed by atoms with Gasteiger partial charge in [-0.25, -0.2) is 4.68 Å². The molecule has 2 heterocycles. The molecule has 5 nitrogen and oxygen atoms in total. The van der Waals surface area contributed by atoms with Crippen molar-refractivity contribution in [1.82, 2.24) is 19.2 Å². The molecule has 2 aromatic rings. The monoisotopic (exact) mass is 318 g/mol. The van der Waals surface area contributed by atoms with Crippen LogP contribution in [0.3, 0.4) is 0 Å². The summed E-state index contributed by atoms with van der Waals surface area (Å²) >= 11 is 5.58. The number of aromatic nitrogens is 3. The van der Waals surface area contributed by atoms with Crippen molar-refractivity contribution in [2.24, 2.45) is 0 Å². The molecule has 0 saturated carbocycles. The van der Waals surface area contributed by atoms with Crippen molar-refractivity contribution in [1.29, 1.82) is 0 Å². The standard InChI is InChI=1S/C16H22N4OS/c1-2-19-15(13-7-4-3-5-8-13)17-20(16(19)22)12-18-10-6-9-14(21)11-18/h3-5,7-8,14,21H,2,6,9-12H2,1H3/t14-/m1/s1. The molecule has 0 radical (unpaired) electrons. The summed E-state index contributed by atoms with van der Waals surface area (Å²) in [6.45, 7) is 5.20. The van der Waals surface area contributed by atoms with E-state index in [1.165, 1.54) is 0 Å². The van der Waals surface area contributed by atoms with E-state index in [-0.39, 0.29) is 6.10 Å². The number of aliphatic hydroxyl groups is 1. The lowest BCUT2D eigenvalue weighted by atomic mass is 10.1. The van der Waals surface area contributed by atoms with E-state index in [9.17, 15) is 5.11 Å². The third-order valence-electron chi connectivity index (χ3n) is 4.09. The molecule has 1 aliphatic rings. The van der Waals surface area contributed by atoms with Gasteiger partial charge in [0.15, 0.2) is 10.6 Å². The molecule has 1 fully saturated rings. The van der Waals surface area contributed by atoms with Gasteiger partial charge in [0.05, 0.1) is 12.8 Å². The lowest BCUT2D eigenvalue weighted by Crippen LogP contribution is -2.39. The van der Waals surface area contributed by atoms with Crippen molar-refractivity contribution >= 4 is 12.2 Å². The molecule has 22 heavy (non-hydrogen) atoms. The first-order valence-electron chi connectivity index (χ1n) is 7.82. The second-order valence-corrected chi connectivity index (χ2v) is 6.10. The summed E-state index contributed by atoms with van der Waals surface area (Å²) in [4.78, 5) is 2.21. The minimum absolute atomic E-state index is 0.232. The molecule has 1 atom stereocenters. The van der Waals surface area contributed by atoms with Crippen LogP contribution in [0.1, 0.15) is 19.8 Å². The van der Waals surface area contributed by atoms with Gasteiger partial charge in [-0.1, -0.05) is 30.3 Å². The number of likely N-dealkylation sites (tertiary alicyclic amines) is 1. The number of hydrogen-bond acceptors (Lipinski definition) is 4. The second-order valence-electron chi connectivity index (χ2n) is 5.73. The summed E-state index contributed by atoms with van der Waals surface area (Å²) in [5.41, 5.74) is 1.08. The largest absolute Gasteiger partial charge is 0.392 e. The van der Waals surface area contributed by atoms with Crippen LogP contribution >= 0.6 is 12.2 Å². The van der Waals surface area contributed by atoms with Crippen LogP contribution in [0.25, 0.3) is 11.4 Å². The highest BCUT2D eigenvalue weighted by Crippen LogP contribution is 2.19. The fourth-order valence-electron chi connectivity index (χ4n) is 2.97. The molecule has 0 aliphatic carbocycles. The third-order valence-corrected chi connectivity index (χ3v) is 4.52. The smallest absolute Gasteiger partial charge is 0.199 e. The molecule has 0 unspecified atom stereocenters. The van der Waals surface area contributed by atoms with Gasteiger partial charge in [0.25, 0.3) is 0 Å². The molecule has 1 aromatic carbocycles. The van der Waals surface area contributed by atoms with Crippen LogP contribution in [0.5, 0.6) is 0 Å². The molecule has 118 valence electrons. The zero-order chi connectivity index (χ0) is 15.5. The first kappa shape index (κ1) is 15.4. The van der Waals surface area contributed by atoms with Crippen LogP contribution in [0.4, 0.5) is 0 Å². The van der Waals surface area contributed by atoms with Crippen LogP contribution in [-0.2, 0) is 13.2 Å². The van der Waals surface area contributed by atoms with Crippen molar-refractivity contribution in [3.8, 4) is 11.4 Å². The Bertz CT molecular complexity index is 679. The van der Waals surface area contributed by atoms with E-state index in [1.54, 1.807) is 0 Å². The lowest BCUT2D eigenvalue weighted by molar-refractivity contribution is 0.0513. The van der Waals surface area contributed by atoms with Crippen molar-refractivity contribution in [3.63, 3.8) is 0 Å². The zero-order valence-corrected chi connectivity index (χ0v) is 13.7. The molecule has 0 spiro atoms. The SMILES string of the molecule is CCn1c(-c2ccccc2)nn(CN2CCC[C@@H](O)C2)c1=S. The maximum absolute atomic E-state index is 9.81. The Morgan fingerprint density at radius 3 is 2.77 bits per heavy atom. The Balaban J connectivity index is 1.89. The van der Waals surface area contributed by atoms with Crippen LogP contribution in [0.15, 0.2) is 30.3 Å². The molecule has 0 bridgehead atoms. The Labute approximate surface area is 135 Å². The van der Waals surface area contributed by atoms with E-state index < -0.39 is 0 Å². The number of aliphatic hydroxyl groups excluding tert-OH is 1. The third kappa shape index (κ3) is 3.14. The summed E-state index contributed by atoms with van der Waals surface area (Å²) < 4.78 is 4.67. The van der Waals surface area contributed by atoms with Crippen LogP contribution in [0.2, 0.25) is 0 Å². The fraction of sp³-hybridized carbons (Fsp3) is 0.500. The first-order valence-corrected chi connectivity index (χ1v) is 8.23. The molecule has 1 saturated heterocycles. The Hall–Kier alpha value is -1.50. The number of piperidine rings is 1. The molecule has 1 aromatic heterocycles. The van der Waals surface area contributed by atoms with Gasteiger partial charge in [0.2, 0.25) is 0 Å². The normalized spacial score (nSPS) is 19.5. The Morgan fingerprint density at radius 2 is 2.09 bits per heavy atom. The maximum atomic E-state index is 9.81. The highest BCUT2D eigenvalue weighted by atomic mass is 32.1. The van der Waals surface area contributed by atoms with E-state index in [4.69, 9.17) is 17.3 Å². The zero-order valence-electron chi connectivity index (χ0n) is 12.9. The molecule has 3 rings (SSSR count). The van der Waals surface area contributed by atoms with Gasteiger partial charge in [-0.2, -0.15) is 5.10 Å². The Kier molecular flexibility index (Phi) is 4.71. The number of nitrogens with zero attached hydrogens (tertiary/aromatic N) is 4. The molecule has 0 amide bonds. The molecular weight excluding hydrogens is 296 g/mol. The molecule has 1 N–H and O–H groups in total. The van der Waals surface area contributed by atoms with E-state index in [0.717, 1.165) is 42.1 Å². The predicted octanol–water partition coefficient (Wildman–Crippen LogP) is 2.52. The van der Waals surface area contributed by atoms with Crippen LogP contribution in [-0.4, -0.2) is 43.5 Å². The lowest BCUT2D eigenvalue weighted by Gasteiger charge is -2.29. The topological polar surface area (TPSA) is 46.2 Å². The van der Waals surface area contributed by atoms with Gasteiger partial charge in [-0.05, 0) is 32.0 Å². The van der Waals surface area contributed by atoms with Gasteiger partial charge in [0, 0.05) is 25.2 Å². The number of hydrogen-bond donors (Lipinski definition) is 1. The Morgan fingerprint density at radius 1 is 1.32 bits per heavy atom. The summed E-state index contributed by atoms with van der Waals surface area (Å²) in [5, 5.41) is 14.5. The predicted molar refractivity (Wildman–Crippen MR) is 89.0 cm³/mol. The van der Waals surface area contributed by atoms with E-state index in [1.807, 2.05) is 22.9 Å². The average Bonchev–Trinajstić information content (AvgIpc) is 2.84. The summed E-state index contributed by atoms with van der Waals surface area (Å²) in [7, 11) is 0. The van der Waals surface area contributed by atoms with E-state index in [2.05, 4.69) is 28.5 Å². The summed E-state index contributed by atoms with van der Waals surface area (Å²) in [6, 6.07) is 10.1. The van der Waals surface area contributed by atoms with Gasteiger partial charge in [0.1, 0.15) is 0 Å².